The predicted molar refractivity (Wildman–Crippen MR) is 82.8 cm³/mol. The Balaban J connectivity index is 1.60. The summed E-state index contributed by atoms with van der Waals surface area (Å²) in [5.74, 6) is -0.776. The molecule has 3 amide bonds. The van der Waals surface area contributed by atoms with Gasteiger partial charge in [-0.1, -0.05) is 18.2 Å². The zero-order chi connectivity index (χ0) is 16.5. The van der Waals surface area contributed by atoms with Gasteiger partial charge in [-0.3, -0.25) is 14.4 Å². The van der Waals surface area contributed by atoms with Crippen LogP contribution in [0.25, 0.3) is 0 Å². The van der Waals surface area contributed by atoms with Crippen LogP contribution in [0, 0.1) is 0 Å². The van der Waals surface area contributed by atoms with Crippen LogP contribution in [0.3, 0.4) is 0 Å². The van der Waals surface area contributed by atoms with Crippen LogP contribution in [-0.2, 0) is 4.79 Å². The molecule has 120 valence electrons. The van der Waals surface area contributed by atoms with Gasteiger partial charge < -0.3 is 20.4 Å². The monoisotopic (exact) mass is 315 g/mol. The van der Waals surface area contributed by atoms with Gasteiger partial charge in [-0.15, -0.1) is 0 Å². The number of furan rings is 1. The normalized spacial score (nSPS) is 9.91. The van der Waals surface area contributed by atoms with E-state index in [9.17, 15) is 14.4 Å². The molecule has 0 unspecified atom stereocenters. The second kappa shape index (κ2) is 8.38. The van der Waals surface area contributed by atoms with Crippen molar-refractivity contribution >= 4 is 17.7 Å². The van der Waals surface area contributed by atoms with Gasteiger partial charge in [0.2, 0.25) is 5.91 Å². The van der Waals surface area contributed by atoms with E-state index in [2.05, 4.69) is 16.0 Å². The summed E-state index contributed by atoms with van der Waals surface area (Å²) >= 11 is 0. The minimum atomic E-state index is -0.346. The molecule has 1 aromatic carbocycles. The third kappa shape index (κ3) is 5.31. The van der Waals surface area contributed by atoms with Crippen LogP contribution in [0.4, 0.5) is 0 Å². The summed E-state index contributed by atoms with van der Waals surface area (Å²) in [7, 11) is 0. The smallest absolute Gasteiger partial charge is 0.287 e. The molecule has 0 saturated carbocycles. The highest BCUT2D eigenvalue weighted by Crippen LogP contribution is 1.98. The average Bonchev–Trinajstić information content (AvgIpc) is 3.12. The quantitative estimate of drug-likeness (QED) is 0.650. The predicted octanol–water partition coefficient (Wildman–Crippen LogP) is 0.556. The van der Waals surface area contributed by atoms with Crippen molar-refractivity contribution in [3.05, 3.63) is 60.1 Å². The fourth-order valence-electron chi connectivity index (χ4n) is 1.79. The number of hydrogen-bond donors (Lipinski definition) is 3. The lowest BCUT2D eigenvalue weighted by atomic mass is 10.2. The summed E-state index contributed by atoms with van der Waals surface area (Å²) in [4.78, 5) is 34.9. The molecule has 0 fully saturated rings. The van der Waals surface area contributed by atoms with E-state index in [1.54, 1.807) is 42.5 Å². The molecule has 1 aromatic heterocycles. The summed E-state index contributed by atoms with van der Waals surface area (Å²) in [6.07, 6.45) is 1.41. The fraction of sp³-hybridized carbons (Fsp3) is 0.188. The molecule has 0 spiro atoms. The molecule has 0 radical (unpaired) electrons. The Morgan fingerprint density at radius 2 is 1.57 bits per heavy atom. The first kappa shape index (κ1) is 16.3. The molecule has 0 aliphatic heterocycles. The van der Waals surface area contributed by atoms with Crippen molar-refractivity contribution in [3.63, 3.8) is 0 Å². The van der Waals surface area contributed by atoms with Gasteiger partial charge in [0.15, 0.2) is 5.76 Å². The molecule has 2 aromatic rings. The Labute approximate surface area is 133 Å². The highest BCUT2D eigenvalue weighted by Gasteiger charge is 2.08. The Morgan fingerprint density at radius 1 is 0.826 bits per heavy atom. The molecule has 0 saturated heterocycles. The first-order valence-electron chi connectivity index (χ1n) is 7.08. The summed E-state index contributed by atoms with van der Waals surface area (Å²) in [6.45, 7) is 0.393. The molecule has 23 heavy (non-hydrogen) atoms. The lowest BCUT2D eigenvalue weighted by Crippen LogP contribution is -2.40. The molecular formula is C16H17N3O4. The number of benzene rings is 1. The number of hydrogen-bond acceptors (Lipinski definition) is 4. The molecule has 0 aliphatic carbocycles. The highest BCUT2D eigenvalue weighted by molar-refractivity contribution is 5.96. The van der Waals surface area contributed by atoms with E-state index < -0.39 is 0 Å². The van der Waals surface area contributed by atoms with Crippen LogP contribution < -0.4 is 16.0 Å². The number of nitrogens with one attached hydrogen (secondary N) is 3. The van der Waals surface area contributed by atoms with Gasteiger partial charge in [0.25, 0.3) is 11.8 Å². The maximum Gasteiger partial charge on any atom is 0.287 e. The lowest BCUT2D eigenvalue weighted by molar-refractivity contribution is -0.120. The van der Waals surface area contributed by atoms with Crippen molar-refractivity contribution in [3.8, 4) is 0 Å². The topological polar surface area (TPSA) is 100 Å². The van der Waals surface area contributed by atoms with Crippen molar-refractivity contribution in [2.24, 2.45) is 0 Å². The van der Waals surface area contributed by atoms with Gasteiger partial charge >= 0.3 is 0 Å². The minimum Gasteiger partial charge on any atom is -0.459 e. The van der Waals surface area contributed by atoms with Crippen LogP contribution in [0.15, 0.2) is 53.1 Å². The third-order valence-corrected chi connectivity index (χ3v) is 2.92. The van der Waals surface area contributed by atoms with Gasteiger partial charge in [0.1, 0.15) is 0 Å². The minimum absolute atomic E-state index is 0.125. The lowest BCUT2D eigenvalue weighted by Gasteiger charge is -2.07. The molecule has 2 rings (SSSR count). The second-order valence-electron chi connectivity index (χ2n) is 4.63. The Kier molecular flexibility index (Phi) is 5.93. The molecular weight excluding hydrogens is 298 g/mol. The summed E-state index contributed by atoms with van der Waals surface area (Å²) in [5.41, 5.74) is 0.492. The van der Waals surface area contributed by atoms with Gasteiger partial charge in [-0.2, -0.15) is 0 Å². The molecule has 0 bridgehead atoms. The third-order valence-electron chi connectivity index (χ3n) is 2.92. The number of carbonyl (C=O) groups excluding carboxylic acids is 3. The van der Waals surface area contributed by atoms with E-state index in [4.69, 9.17) is 4.42 Å². The standard InChI is InChI=1S/C16H17N3O4/c20-14(11-19-15(21)12-5-2-1-3-6-12)17-8-9-18-16(22)13-7-4-10-23-13/h1-7,10H,8-9,11H2,(H,17,20)(H,18,22)(H,19,21). The van der Waals surface area contributed by atoms with Gasteiger partial charge in [-0.25, -0.2) is 0 Å². The van der Waals surface area contributed by atoms with E-state index in [0.29, 0.717) is 5.56 Å². The van der Waals surface area contributed by atoms with Crippen LogP contribution >= 0.6 is 0 Å². The summed E-state index contributed by atoms with van der Waals surface area (Å²) < 4.78 is 4.93. The average molecular weight is 315 g/mol. The van der Waals surface area contributed by atoms with Crippen molar-refractivity contribution in [1.29, 1.82) is 0 Å². The first-order chi connectivity index (χ1) is 11.2. The van der Waals surface area contributed by atoms with Gasteiger partial charge in [-0.05, 0) is 24.3 Å². The van der Waals surface area contributed by atoms with Crippen LogP contribution in [0.1, 0.15) is 20.9 Å². The fourth-order valence-corrected chi connectivity index (χ4v) is 1.79. The SMILES string of the molecule is O=C(CNC(=O)c1ccccc1)NCCNC(=O)c1ccco1. The summed E-state index contributed by atoms with van der Waals surface area (Å²) in [6, 6.07) is 11.8. The summed E-state index contributed by atoms with van der Waals surface area (Å²) in [5, 5.41) is 7.70. The van der Waals surface area contributed by atoms with Crippen LogP contribution in [0.5, 0.6) is 0 Å². The number of amides is 3. The molecule has 3 N–H and O–H groups in total. The number of rotatable bonds is 7. The zero-order valence-electron chi connectivity index (χ0n) is 12.4. The Hall–Kier alpha value is -3.09. The van der Waals surface area contributed by atoms with Crippen molar-refractivity contribution in [2.45, 2.75) is 0 Å². The zero-order valence-corrected chi connectivity index (χ0v) is 12.4. The maximum atomic E-state index is 11.7. The maximum absolute atomic E-state index is 11.7. The van der Waals surface area contributed by atoms with Gasteiger partial charge in [0, 0.05) is 18.7 Å². The molecule has 1 heterocycles. The van der Waals surface area contributed by atoms with E-state index in [1.807, 2.05) is 0 Å². The van der Waals surface area contributed by atoms with E-state index in [0.717, 1.165) is 0 Å². The number of carbonyl (C=O) groups is 3. The van der Waals surface area contributed by atoms with Crippen LogP contribution in [0.2, 0.25) is 0 Å². The van der Waals surface area contributed by atoms with E-state index in [1.165, 1.54) is 6.26 Å². The first-order valence-corrected chi connectivity index (χ1v) is 7.08. The Morgan fingerprint density at radius 3 is 2.26 bits per heavy atom. The van der Waals surface area contributed by atoms with Crippen molar-refractivity contribution in [1.82, 2.24) is 16.0 Å². The van der Waals surface area contributed by atoms with E-state index >= 15 is 0 Å². The molecule has 7 heteroatoms. The van der Waals surface area contributed by atoms with Crippen molar-refractivity contribution < 1.29 is 18.8 Å². The second-order valence-corrected chi connectivity index (χ2v) is 4.63. The molecule has 7 nitrogen and oxygen atoms in total. The Bertz CT molecular complexity index is 653. The molecule has 0 atom stereocenters. The van der Waals surface area contributed by atoms with Crippen LogP contribution in [-0.4, -0.2) is 37.4 Å². The van der Waals surface area contributed by atoms with Crippen molar-refractivity contribution in [2.75, 3.05) is 19.6 Å². The molecule has 0 aliphatic rings. The highest BCUT2D eigenvalue weighted by atomic mass is 16.3. The largest absolute Gasteiger partial charge is 0.459 e. The van der Waals surface area contributed by atoms with E-state index in [-0.39, 0.29) is 43.1 Å². The van der Waals surface area contributed by atoms with Gasteiger partial charge in [0.05, 0.1) is 12.8 Å².